The Morgan fingerprint density at radius 2 is 1.84 bits per heavy atom. The van der Waals surface area contributed by atoms with Crippen LogP contribution in [0.2, 0.25) is 0 Å². The summed E-state index contributed by atoms with van der Waals surface area (Å²) in [4.78, 5) is 1.58. The van der Waals surface area contributed by atoms with Gasteiger partial charge in [-0.1, -0.05) is 5.21 Å². The van der Waals surface area contributed by atoms with E-state index >= 15 is 0 Å². The van der Waals surface area contributed by atoms with E-state index < -0.39 is 0 Å². The second kappa shape index (κ2) is 4.89. The summed E-state index contributed by atoms with van der Waals surface area (Å²) in [5, 5.41) is 19.3. The molecule has 7 heteroatoms. The van der Waals surface area contributed by atoms with Gasteiger partial charge >= 0.3 is 0 Å². The molecule has 0 aliphatic rings. The molecule has 1 aromatic carbocycles. The summed E-state index contributed by atoms with van der Waals surface area (Å²) >= 11 is 0. The zero-order valence-corrected chi connectivity index (χ0v) is 10.4. The Kier molecular flexibility index (Phi) is 2.93. The van der Waals surface area contributed by atoms with Gasteiger partial charge in [0.2, 0.25) is 0 Å². The van der Waals surface area contributed by atoms with E-state index in [0.29, 0.717) is 6.54 Å². The first-order valence-corrected chi connectivity index (χ1v) is 5.87. The number of benzene rings is 1. The maximum absolute atomic E-state index is 4.08. The van der Waals surface area contributed by atoms with Crippen molar-refractivity contribution in [3.8, 4) is 5.69 Å². The lowest BCUT2D eigenvalue weighted by Gasteiger charge is -2.05. The maximum atomic E-state index is 4.08. The zero-order chi connectivity index (χ0) is 13.1. The molecular formula is C12H13N7. The first kappa shape index (κ1) is 11.4. The minimum Gasteiger partial charge on any atom is -0.379 e. The van der Waals surface area contributed by atoms with Gasteiger partial charge in [0.15, 0.2) is 0 Å². The molecular weight excluding hydrogens is 242 g/mol. The van der Waals surface area contributed by atoms with Crippen molar-refractivity contribution in [1.29, 1.82) is 0 Å². The first-order chi connectivity index (χ1) is 9.31. The standard InChI is InChI=1S/C12H13N7/c1-18-9-11(16-17-18)8-13-10-2-4-12(5-3-10)19-14-6-7-15-19/h2-7,9,13H,8H2,1H3. The number of aryl methyl sites for hydroxylation is 1. The molecule has 0 saturated heterocycles. The minimum absolute atomic E-state index is 0.646. The molecule has 0 aliphatic heterocycles. The maximum Gasteiger partial charge on any atom is 0.102 e. The number of rotatable bonds is 4. The topological polar surface area (TPSA) is 73.5 Å². The van der Waals surface area contributed by atoms with Crippen molar-refractivity contribution in [2.75, 3.05) is 5.32 Å². The number of nitrogens with one attached hydrogen (secondary N) is 1. The Morgan fingerprint density at radius 3 is 2.47 bits per heavy atom. The van der Waals surface area contributed by atoms with Gasteiger partial charge in [-0.25, -0.2) is 0 Å². The molecule has 96 valence electrons. The van der Waals surface area contributed by atoms with Crippen molar-refractivity contribution in [2.24, 2.45) is 7.05 Å². The summed E-state index contributed by atoms with van der Waals surface area (Å²) in [5.41, 5.74) is 2.84. The molecule has 2 aromatic heterocycles. The third kappa shape index (κ3) is 2.59. The highest BCUT2D eigenvalue weighted by Crippen LogP contribution is 2.12. The second-order valence-corrected chi connectivity index (χ2v) is 4.10. The van der Waals surface area contributed by atoms with Crippen molar-refractivity contribution in [1.82, 2.24) is 30.0 Å². The number of hydrogen-bond acceptors (Lipinski definition) is 5. The number of hydrogen-bond donors (Lipinski definition) is 1. The van der Waals surface area contributed by atoms with Crippen LogP contribution in [0.1, 0.15) is 5.69 Å². The van der Waals surface area contributed by atoms with Crippen LogP contribution in [0.5, 0.6) is 0 Å². The predicted octanol–water partition coefficient (Wildman–Crippen LogP) is 1.01. The van der Waals surface area contributed by atoms with Crippen LogP contribution in [0.4, 0.5) is 5.69 Å². The van der Waals surface area contributed by atoms with Crippen LogP contribution in [0, 0.1) is 0 Å². The van der Waals surface area contributed by atoms with Gasteiger partial charge in [0, 0.05) is 18.9 Å². The molecule has 0 amide bonds. The second-order valence-electron chi connectivity index (χ2n) is 4.10. The van der Waals surface area contributed by atoms with E-state index in [1.807, 2.05) is 37.5 Å². The van der Waals surface area contributed by atoms with Gasteiger partial charge in [-0.05, 0) is 24.3 Å². The van der Waals surface area contributed by atoms with E-state index in [1.165, 1.54) is 0 Å². The average molecular weight is 255 g/mol. The van der Waals surface area contributed by atoms with Crippen LogP contribution < -0.4 is 5.32 Å². The van der Waals surface area contributed by atoms with Crippen molar-refractivity contribution >= 4 is 5.69 Å². The Balaban J connectivity index is 1.66. The highest BCUT2D eigenvalue weighted by molar-refractivity contribution is 5.48. The lowest BCUT2D eigenvalue weighted by atomic mass is 10.3. The smallest absolute Gasteiger partial charge is 0.102 e. The van der Waals surface area contributed by atoms with E-state index in [0.717, 1.165) is 17.1 Å². The van der Waals surface area contributed by atoms with Crippen LogP contribution in [0.25, 0.3) is 5.69 Å². The van der Waals surface area contributed by atoms with Crippen molar-refractivity contribution < 1.29 is 0 Å². The molecule has 0 radical (unpaired) electrons. The molecule has 3 aromatic rings. The summed E-state index contributed by atoms with van der Waals surface area (Å²) in [6.07, 6.45) is 5.19. The van der Waals surface area contributed by atoms with Crippen LogP contribution in [-0.2, 0) is 13.6 Å². The zero-order valence-electron chi connectivity index (χ0n) is 10.4. The summed E-state index contributed by atoms with van der Waals surface area (Å²) in [7, 11) is 1.85. The van der Waals surface area contributed by atoms with Crippen LogP contribution >= 0.6 is 0 Å². The monoisotopic (exact) mass is 255 g/mol. The van der Waals surface area contributed by atoms with Gasteiger partial charge in [-0.3, -0.25) is 4.68 Å². The lowest BCUT2D eigenvalue weighted by Crippen LogP contribution is -2.01. The molecule has 0 bridgehead atoms. The highest BCUT2D eigenvalue weighted by Gasteiger charge is 2.00. The first-order valence-electron chi connectivity index (χ1n) is 5.87. The molecule has 0 spiro atoms. The Bertz CT molecular complexity index is 639. The van der Waals surface area contributed by atoms with Crippen LogP contribution in [0.3, 0.4) is 0 Å². The molecule has 19 heavy (non-hydrogen) atoms. The van der Waals surface area contributed by atoms with E-state index in [4.69, 9.17) is 0 Å². The molecule has 3 rings (SSSR count). The summed E-state index contributed by atoms with van der Waals surface area (Å²) < 4.78 is 1.68. The summed E-state index contributed by atoms with van der Waals surface area (Å²) in [6, 6.07) is 7.88. The third-order valence-corrected chi connectivity index (χ3v) is 2.64. The molecule has 0 atom stereocenters. The fourth-order valence-corrected chi connectivity index (χ4v) is 1.73. The normalized spacial score (nSPS) is 10.6. The molecule has 0 saturated carbocycles. The number of nitrogens with zero attached hydrogens (tertiary/aromatic N) is 6. The molecule has 1 N–H and O–H groups in total. The average Bonchev–Trinajstić information content (AvgIpc) is 3.08. The quantitative estimate of drug-likeness (QED) is 0.753. The molecule has 7 nitrogen and oxygen atoms in total. The van der Waals surface area contributed by atoms with Crippen molar-refractivity contribution in [3.05, 3.63) is 48.5 Å². The fraction of sp³-hybridized carbons (Fsp3) is 0.167. The summed E-state index contributed by atoms with van der Waals surface area (Å²) in [6.45, 7) is 0.646. The van der Waals surface area contributed by atoms with Gasteiger partial charge in [0.05, 0.1) is 24.6 Å². The predicted molar refractivity (Wildman–Crippen MR) is 69.7 cm³/mol. The van der Waals surface area contributed by atoms with E-state index in [-0.39, 0.29) is 0 Å². The van der Waals surface area contributed by atoms with Gasteiger partial charge in [-0.2, -0.15) is 15.0 Å². The van der Waals surface area contributed by atoms with E-state index in [9.17, 15) is 0 Å². The van der Waals surface area contributed by atoms with Gasteiger partial charge in [-0.15, -0.1) is 5.10 Å². The number of anilines is 1. The fourth-order valence-electron chi connectivity index (χ4n) is 1.73. The third-order valence-electron chi connectivity index (χ3n) is 2.64. The number of aromatic nitrogens is 6. The highest BCUT2D eigenvalue weighted by atomic mass is 15.5. The largest absolute Gasteiger partial charge is 0.379 e. The van der Waals surface area contributed by atoms with Gasteiger partial charge in [0.1, 0.15) is 5.69 Å². The van der Waals surface area contributed by atoms with Gasteiger partial charge in [0.25, 0.3) is 0 Å². The molecule has 0 fully saturated rings. The molecule has 0 aliphatic carbocycles. The summed E-state index contributed by atoms with van der Waals surface area (Å²) in [5.74, 6) is 0. The minimum atomic E-state index is 0.646. The van der Waals surface area contributed by atoms with Crippen LogP contribution in [0.15, 0.2) is 42.9 Å². The Hall–Kier alpha value is -2.70. The lowest BCUT2D eigenvalue weighted by molar-refractivity contribution is 0.713. The molecule has 0 unspecified atom stereocenters. The van der Waals surface area contributed by atoms with Crippen molar-refractivity contribution in [2.45, 2.75) is 6.54 Å². The van der Waals surface area contributed by atoms with Crippen LogP contribution in [-0.4, -0.2) is 30.0 Å². The van der Waals surface area contributed by atoms with E-state index in [1.54, 1.807) is 21.9 Å². The van der Waals surface area contributed by atoms with Crippen molar-refractivity contribution in [3.63, 3.8) is 0 Å². The Morgan fingerprint density at radius 1 is 1.11 bits per heavy atom. The Labute approximate surface area is 109 Å². The van der Waals surface area contributed by atoms with E-state index in [2.05, 4.69) is 25.8 Å². The SMILES string of the molecule is Cn1cc(CNc2ccc(-n3nccn3)cc2)nn1. The molecule has 2 heterocycles. The van der Waals surface area contributed by atoms with Gasteiger partial charge < -0.3 is 5.32 Å².